The van der Waals surface area contributed by atoms with E-state index in [-0.39, 0.29) is 0 Å². The summed E-state index contributed by atoms with van der Waals surface area (Å²) in [5, 5.41) is 9.75. The second-order valence-electron chi connectivity index (χ2n) is 3.56. The second kappa shape index (κ2) is 3.79. The first-order valence-corrected chi connectivity index (χ1v) is 4.40. The highest BCUT2D eigenvalue weighted by Crippen LogP contribution is 2.23. The van der Waals surface area contributed by atoms with Gasteiger partial charge < -0.3 is 9.52 Å². The molecule has 1 rings (SSSR count). The summed E-state index contributed by atoms with van der Waals surface area (Å²) in [7, 11) is 0. The average Bonchev–Trinajstić information content (AvgIpc) is 2.28. The molecule has 0 aliphatic rings. The maximum absolute atomic E-state index is 9.75. The fraction of sp³-hybridized carbons (Fsp3) is 0.455. The Labute approximate surface area is 78.9 Å². The Morgan fingerprint density at radius 1 is 1.46 bits per heavy atom. The highest BCUT2D eigenvalue weighted by Gasteiger charge is 2.11. The molecular formula is C11H16O2. The van der Waals surface area contributed by atoms with Gasteiger partial charge >= 0.3 is 0 Å². The zero-order valence-electron chi connectivity index (χ0n) is 8.59. The van der Waals surface area contributed by atoms with Gasteiger partial charge in [0, 0.05) is 5.56 Å². The van der Waals surface area contributed by atoms with Crippen molar-refractivity contribution >= 4 is 0 Å². The third-order valence-electron chi connectivity index (χ3n) is 1.89. The zero-order chi connectivity index (χ0) is 10.0. The number of hydrogen-bond acceptors (Lipinski definition) is 2. The molecule has 0 spiro atoms. The van der Waals surface area contributed by atoms with Gasteiger partial charge in [0.15, 0.2) is 0 Å². The molecular weight excluding hydrogens is 164 g/mol. The van der Waals surface area contributed by atoms with Crippen LogP contribution >= 0.6 is 0 Å². The number of aliphatic hydroxyl groups excluding tert-OH is 1. The lowest BCUT2D eigenvalue weighted by atomic mass is 10.1. The van der Waals surface area contributed by atoms with E-state index in [1.54, 1.807) is 0 Å². The summed E-state index contributed by atoms with van der Waals surface area (Å²) in [5.41, 5.74) is 1.96. The molecule has 0 amide bonds. The van der Waals surface area contributed by atoms with Crippen LogP contribution in [0.25, 0.3) is 0 Å². The maximum atomic E-state index is 9.75. The van der Waals surface area contributed by atoms with Crippen molar-refractivity contribution in [2.45, 2.75) is 33.8 Å². The van der Waals surface area contributed by atoms with E-state index in [1.807, 2.05) is 39.8 Å². The van der Waals surface area contributed by atoms with Crippen LogP contribution in [0.1, 0.15) is 37.0 Å². The van der Waals surface area contributed by atoms with Gasteiger partial charge in [0.2, 0.25) is 0 Å². The number of rotatable bonds is 2. The largest absolute Gasteiger partial charge is 0.466 e. The van der Waals surface area contributed by atoms with Gasteiger partial charge in [-0.05, 0) is 33.8 Å². The van der Waals surface area contributed by atoms with Crippen LogP contribution < -0.4 is 0 Å². The lowest BCUT2D eigenvalue weighted by molar-refractivity contribution is 0.225. The molecule has 13 heavy (non-hydrogen) atoms. The Hall–Kier alpha value is -1.02. The topological polar surface area (TPSA) is 33.4 Å². The number of hydrogen-bond donors (Lipinski definition) is 1. The van der Waals surface area contributed by atoms with Gasteiger partial charge in [-0.2, -0.15) is 0 Å². The molecule has 2 nitrogen and oxygen atoms in total. The number of aliphatic hydroxyl groups is 1. The van der Waals surface area contributed by atoms with Crippen molar-refractivity contribution in [2.75, 3.05) is 0 Å². The highest BCUT2D eigenvalue weighted by atomic mass is 16.3. The molecule has 2 heteroatoms. The van der Waals surface area contributed by atoms with Crippen LogP contribution in [0.2, 0.25) is 0 Å². The first kappa shape index (κ1) is 10.1. The average molecular weight is 180 g/mol. The molecule has 1 N–H and O–H groups in total. The minimum absolute atomic E-state index is 0.539. The summed E-state index contributed by atoms with van der Waals surface area (Å²) < 4.78 is 5.33. The van der Waals surface area contributed by atoms with Crippen molar-refractivity contribution in [3.8, 4) is 0 Å². The van der Waals surface area contributed by atoms with Crippen LogP contribution in [-0.2, 0) is 0 Å². The van der Waals surface area contributed by atoms with Gasteiger partial charge in [0.1, 0.15) is 17.6 Å². The Morgan fingerprint density at radius 2 is 2.08 bits per heavy atom. The highest BCUT2D eigenvalue weighted by molar-refractivity contribution is 5.26. The molecule has 0 radical (unpaired) electrons. The summed E-state index contributed by atoms with van der Waals surface area (Å²) in [4.78, 5) is 0. The number of allylic oxidation sites excluding steroid dienone is 1. The predicted octanol–water partition coefficient (Wildman–Crippen LogP) is 2.90. The van der Waals surface area contributed by atoms with Crippen LogP contribution in [-0.4, -0.2) is 5.11 Å². The summed E-state index contributed by atoms with van der Waals surface area (Å²) in [6.45, 7) is 7.67. The Balaban J connectivity index is 2.94. The molecule has 0 saturated carbocycles. The van der Waals surface area contributed by atoms with E-state index in [2.05, 4.69) is 0 Å². The quantitative estimate of drug-likeness (QED) is 0.710. The molecule has 1 heterocycles. The normalized spacial score (nSPS) is 12.7. The van der Waals surface area contributed by atoms with Crippen LogP contribution in [0.5, 0.6) is 0 Å². The third-order valence-corrected chi connectivity index (χ3v) is 1.89. The van der Waals surface area contributed by atoms with Crippen molar-refractivity contribution in [2.24, 2.45) is 0 Å². The first-order valence-electron chi connectivity index (χ1n) is 4.40. The van der Waals surface area contributed by atoms with Crippen molar-refractivity contribution in [1.29, 1.82) is 0 Å². The van der Waals surface area contributed by atoms with Crippen LogP contribution in [0.15, 0.2) is 22.1 Å². The van der Waals surface area contributed by atoms with Crippen LogP contribution in [0.3, 0.4) is 0 Å². The van der Waals surface area contributed by atoms with Gasteiger partial charge in [-0.1, -0.05) is 11.6 Å². The molecule has 1 atom stereocenters. The van der Waals surface area contributed by atoms with Gasteiger partial charge in [-0.25, -0.2) is 0 Å². The standard InChI is InChI=1S/C11H16O2/c1-7(2)5-11(12)10-6-8(3)13-9(10)4/h5-6,11-12H,1-4H3. The zero-order valence-corrected chi connectivity index (χ0v) is 8.59. The lowest BCUT2D eigenvalue weighted by Crippen LogP contribution is -1.93. The van der Waals surface area contributed by atoms with E-state index in [9.17, 15) is 5.11 Å². The van der Waals surface area contributed by atoms with Gasteiger partial charge in [0.05, 0.1) is 0 Å². The third kappa shape index (κ3) is 2.46. The lowest BCUT2D eigenvalue weighted by Gasteiger charge is -2.03. The second-order valence-corrected chi connectivity index (χ2v) is 3.56. The van der Waals surface area contributed by atoms with Crippen molar-refractivity contribution in [3.05, 3.63) is 34.8 Å². The summed E-state index contributed by atoms with van der Waals surface area (Å²) in [5.74, 6) is 1.64. The SMILES string of the molecule is CC(C)=CC(O)c1cc(C)oc1C. The first-order chi connectivity index (χ1) is 6.00. The van der Waals surface area contributed by atoms with Gasteiger partial charge in [-0.3, -0.25) is 0 Å². The number of aryl methyl sites for hydroxylation is 2. The Kier molecular flexibility index (Phi) is 2.94. The minimum Gasteiger partial charge on any atom is -0.466 e. The fourth-order valence-electron chi connectivity index (χ4n) is 1.35. The molecule has 0 aliphatic carbocycles. The molecule has 0 aliphatic heterocycles. The smallest absolute Gasteiger partial charge is 0.107 e. The van der Waals surface area contributed by atoms with E-state index >= 15 is 0 Å². The maximum Gasteiger partial charge on any atom is 0.107 e. The molecule has 72 valence electrons. The van der Waals surface area contributed by atoms with E-state index in [1.165, 1.54) is 0 Å². The molecule has 1 unspecified atom stereocenters. The summed E-state index contributed by atoms with van der Waals surface area (Å²) in [6.07, 6.45) is 1.28. The van der Waals surface area contributed by atoms with E-state index in [0.29, 0.717) is 0 Å². The van der Waals surface area contributed by atoms with E-state index in [4.69, 9.17) is 4.42 Å². The predicted molar refractivity (Wildman–Crippen MR) is 52.6 cm³/mol. The molecule has 1 aromatic rings. The van der Waals surface area contributed by atoms with Gasteiger partial charge in [0.25, 0.3) is 0 Å². The summed E-state index contributed by atoms with van der Waals surface area (Å²) in [6, 6.07) is 1.87. The molecule has 1 aromatic heterocycles. The minimum atomic E-state index is -0.539. The van der Waals surface area contributed by atoms with Crippen molar-refractivity contribution < 1.29 is 9.52 Å². The Bertz CT molecular complexity index is 317. The molecule has 0 saturated heterocycles. The van der Waals surface area contributed by atoms with Crippen molar-refractivity contribution in [1.82, 2.24) is 0 Å². The molecule has 0 fully saturated rings. The molecule has 0 bridgehead atoms. The van der Waals surface area contributed by atoms with Crippen molar-refractivity contribution in [3.63, 3.8) is 0 Å². The fourth-order valence-corrected chi connectivity index (χ4v) is 1.35. The van der Waals surface area contributed by atoms with Gasteiger partial charge in [-0.15, -0.1) is 0 Å². The summed E-state index contributed by atoms with van der Waals surface area (Å²) >= 11 is 0. The van der Waals surface area contributed by atoms with E-state index < -0.39 is 6.10 Å². The van der Waals surface area contributed by atoms with Crippen LogP contribution in [0, 0.1) is 13.8 Å². The Morgan fingerprint density at radius 3 is 2.46 bits per heavy atom. The van der Waals surface area contributed by atoms with Crippen LogP contribution in [0.4, 0.5) is 0 Å². The molecule has 0 aromatic carbocycles. The van der Waals surface area contributed by atoms with E-state index in [0.717, 1.165) is 22.7 Å². The number of furan rings is 1. The monoisotopic (exact) mass is 180 g/mol.